The molecule has 0 spiro atoms. The number of fused-ring (bicyclic) bond motifs is 1. The van der Waals surface area contributed by atoms with E-state index in [1.54, 1.807) is 0 Å². The molecule has 30 heavy (non-hydrogen) atoms. The second kappa shape index (κ2) is 8.35. The van der Waals surface area contributed by atoms with Gasteiger partial charge < -0.3 is 14.8 Å². The minimum Gasteiger partial charge on any atom is -0.361 e. The molecule has 2 aromatic heterocycles. The van der Waals surface area contributed by atoms with Crippen molar-refractivity contribution in [2.75, 3.05) is 6.54 Å². The molecule has 2 N–H and O–H groups in total. The number of rotatable bonds is 6. The van der Waals surface area contributed by atoms with Gasteiger partial charge in [0.15, 0.2) is 17.6 Å². The lowest BCUT2D eigenvalue weighted by molar-refractivity contribution is 0.0944. The van der Waals surface area contributed by atoms with Gasteiger partial charge in [-0.3, -0.25) is 4.79 Å². The fraction of sp³-hybridized carbons (Fsp3) is 0.143. The van der Waals surface area contributed by atoms with E-state index < -0.39 is 29.3 Å². The van der Waals surface area contributed by atoms with Gasteiger partial charge in [-0.25, -0.2) is 13.2 Å². The summed E-state index contributed by atoms with van der Waals surface area (Å²) in [4.78, 5) is 15.4. The molecular formula is C21H15BrF3N3O2. The van der Waals surface area contributed by atoms with Gasteiger partial charge in [0.25, 0.3) is 5.91 Å². The Kier molecular flexibility index (Phi) is 5.63. The van der Waals surface area contributed by atoms with Gasteiger partial charge in [-0.05, 0) is 48.4 Å². The first-order valence-corrected chi connectivity index (χ1v) is 9.81. The maximum atomic E-state index is 14.5. The summed E-state index contributed by atoms with van der Waals surface area (Å²) in [6.45, 7) is 0.318. The van der Waals surface area contributed by atoms with E-state index in [0.717, 1.165) is 45.2 Å². The smallest absolute Gasteiger partial charge is 0.273 e. The Morgan fingerprint density at radius 3 is 2.87 bits per heavy atom. The minimum atomic E-state index is -2.08. The Morgan fingerprint density at radius 2 is 2.03 bits per heavy atom. The molecule has 1 unspecified atom stereocenters. The van der Waals surface area contributed by atoms with Crippen LogP contribution >= 0.6 is 15.9 Å². The van der Waals surface area contributed by atoms with Crippen LogP contribution in [0.1, 0.15) is 33.5 Å². The van der Waals surface area contributed by atoms with Crippen LogP contribution in [-0.4, -0.2) is 22.6 Å². The van der Waals surface area contributed by atoms with Gasteiger partial charge in [-0.1, -0.05) is 21.1 Å². The monoisotopic (exact) mass is 477 g/mol. The van der Waals surface area contributed by atoms with Crippen LogP contribution in [0.15, 0.2) is 57.7 Å². The summed E-state index contributed by atoms with van der Waals surface area (Å²) in [6.07, 6.45) is 0.352. The molecule has 0 saturated carbocycles. The number of alkyl halides is 1. The summed E-state index contributed by atoms with van der Waals surface area (Å²) >= 11 is 3.44. The van der Waals surface area contributed by atoms with Crippen LogP contribution in [0.5, 0.6) is 0 Å². The predicted molar refractivity (Wildman–Crippen MR) is 108 cm³/mol. The quantitative estimate of drug-likeness (QED) is 0.399. The van der Waals surface area contributed by atoms with Crippen molar-refractivity contribution in [3.05, 3.63) is 87.3 Å². The summed E-state index contributed by atoms with van der Waals surface area (Å²) < 4.78 is 47.3. The molecular weight excluding hydrogens is 463 g/mol. The van der Waals surface area contributed by atoms with E-state index in [-0.39, 0.29) is 11.5 Å². The normalized spacial score (nSPS) is 12.3. The molecule has 154 valence electrons. The maximum absolute atomic E-state index is 14.5. The van der Waals surface area contributed by atoms with Crippen molar-refractivity contribution < 1.29 is 22.5 Å². The van der Waals surface area contributed by atoms with Gasteiger partial charge in [0.1, 0.15) is 11.6 Å². The molecule has 0 aliphatic rings. The number of hydrogen-bond donors (Lipinski definition) is 2. The van der Waals surface area contributed by atoms with E-state index in [0.29, 0.717) is 13.0 Å². The Morgan fingerprint density at radius 1 is 1.20 bits per heavy atom. The molecule has 0 bridgehead atoms. The zero-order valence-corrected chi connectivity index (χ0v) is 17.0. The van der Waals surface area contributed by atoms with Crippen molar-refractivity contribution in [1.82, 2.24) is 15.5 Å². The van der Waals surface area contributed by atoms with Crippen LogP contribution in [0.4, 0.5) is 13.2 Å². The molecule has 0 fully saturated rings. The van der Waals surface area contributed by atoms with Gasteiger partial charge in [-0.15, -0.1) is 0 Å². The van der Waals surface area contributed by atoms with Crippen LogP contribution in [0.25, 0.3) is 10.9 Å². The third-order valence-electron chi connectivity index (χ3n) is 4.65. The number of aromatic nitrogens is 2. The van der Waals surface area contributed by atoms with E-state index in [1.807, 2.05) is 24.4 Å². The van der Waals surface area contributed by atoms with Gasteiger partial charge >= 0.3 is 0 Å². The average Bonchev–Trinajstić information content (AvgIpc) is 3.37. The summed E-state index contributed by atoms with van der Waals surface area (Å²) in [5.41, 5.74) is 1.34. The zero-order valence-electron chi connectivity index (χ0n) is 15.4. The van der Waals surface area contributed by atoms with Gasteiger partial charge in [0, 0.05) is 39.7 Å². The SMILES string of the molecule is O=C(NCCc1c[nH]c2ccc(Br)cc12)c1cc(C(F)c2cc(F)ccc2F)on1. The van der Waals surface area contributed by atoms with Crippen molar-refractivity contribution in [2.24, 2.45) is 0 Å². The largest absolute Gasteiger partial charge is 0.361 e. The number of amides is 1. The number of H-pyrrole nitrogens is 1. The van der Waals surface area contributed by atoms with Crippen LogP contribution in [0.3, 0.4) is 0 Å². The molecule has 1 amide bonds. The molecule has 5 nitrogen and oxygen atoms in total. The van der Waals surface area contributed by atoms with Crippen molar-refractivity contribution >= 4 is 32.7 Å². The lowest BCUT2D eigenvalue weighted by Gasteiger charge is -2.06. The second-order valence-electron chi connectivity index (χ2n) is 6.65. The highest BCUT2D eigenvalue weighted by atomic mass is 79.9. The van der Waals surface area contributed by atoms with Crippen LogP contribution in [0.2, 0.25) is 0 Å². The minimum absolute atomic E-state index is 0.147. The topological polar surface area (TPSA) is 70.9 Å². The number of carbonyl (C=O) groups excluding carboxylic acids is 1. The number of hydrogen-bond acceptors (Lipinski definition) is 3. The van der Waals surface area contributed by atoms with Crippen molar-refractivity contribution in [2.45, 2.75) is 12.6 Å². The molecule has 0 saturated heterocycles. The third-order valence-corrected chi connectivity index (χ3v) is 5.14. The molecule has 2 aromatic carbocycles. The highest BCUT2D eigenvalue weighted by Gasteiger charge is 2.24. The first-order chi connectivity index (χ1) is 14.4. The van der Waals surface area contributed by atoms with E-state index in [2.05, 4.69) is 31.4 Å². The summed E-state index contributed by atoms with van der Waals surface area (Å²) in [5.74, 6) is -2.64. The van der Waals surface area contributed by atoms with Crippen LogP contribution in [-0.2, 0) is 6.42 Å². The second-order valence-corrected chi connectivity index (χ2v) is 7.57. The van der Waals surface area contributed by atoms with Crippen molar-refractivity contribution in [3.8, 4) is 0 Å². The highest BCUT2D eigenvalue weighted by molar-refractivity contribution is 9.10. The Bertz CT molecular complexity index is 1220. The molecule has 9 heteroatoms. The Labute approximate surface area is 177 Å². The molecule has 0 aliphatic carbocycles. The number of carbonyl (C=O) groups is 1. The zero-order chi connectivity index (χ0) is 21.3. The number of benzene rings is 2. The molecule has 2 heterocycles. The summed E-state index contributed by atoms with van der Waals surface area (Å²) in [5, 5.41) is 7.26. The Hall–Kier alpha value is -3.07. The Balaban J connectivity index is 1.40. The molecule has 1 atom stereocenters. The first kappa shape index (κ1) is 20.2. The molecule has 0 aliphatic heterocycles. The lowest BCUT2D eigenvalue weighted by atomic mass is 10.1. The van der Waals surface area contributed by atoms with E-state index in [1.165, 1.54) is 0 Å². The van der Waals surface area contributed by atoms with Crippen LogP contribution in [0, 0.1) is 11.6 Å². The predicted octanol–water partition coefficient (Wildman–Crippen LogP) is 5.23. The van der Waals surface area contributed by atoms with Gasteiger partial charge in [0.05, 0.1) is 0 Å². The third kappa shape index (κ3) is 4.11. The number of nitrogens with zero attached hydrogens (tertiary/aromatic N) is 1. The standard InChI is InChI=1S/C21H15BrF3N3O2/c22-12-1-4-17-14(7-12)11(10-27-17)5-6-26-21(29)18-9-19(30-28-18)20(25)15-8-13(23)2-3-16(15)24/h1-4,7-10,20,27H,5-6H2,(H,26,29). The van der Waals surface area contributed by atoms with E-state index in [9.17, 15) is 18.0 Å². The van der Waals surface area contributed by atoms with Crippen molar-refractivity contribution in [1.29, 1.82) is 0 Å². The maximum Gasteiger partial charge on any atom is 0.273 e. The van der Waals surface area contributed by atoms with Crippen LogP contribution < -0.4 is 5.32 Å². The van der Waals surface area contributed by atoms with Gasteiger partial charge in [-0.2, -0.15) is 0 Å². The molecule has 0 radical (unpaired) electrons. The average molecular weight is 478 g/mol. The molecule has 4 rings (SSSR count). The number of nitrogens with one attached hydrogen (secondary N) is 2. The van der Waals surface area contributed by atoms with Crippen molar-refractivity contribution in [3.63, 3.8) is 0 Å². The summed E-state index contributed by atoms with van der Waals surface area (Å²) in [6, 6.07) is 9.39. The highest BCUT2D eigenvalue weighted by Crippen LogP contribution is 2.29. The lowest BCUT2D eigenvalue weighted by Crippen LogP contribution is -2.25. The number of aromatic amines is 1. The van der Waals surface area contributed by atoms with E-state index >= 15 is 0 Å². The van der Waals surface area contributed by atoms with E-state index in [4.69, 9.17) is 4.52 Å². The number of halogens is 4. The fourth-order valence-electron chi connectivity index (χ4n) is 3.14. The van der Waals surface area contributed by atoms with Gasteiger partial charge in [0.2, 0.25) is 0 Å². The summed E-state index contributed by atoms with van der Waals surface area (Å²) in [7, 11) is 0. The fourth-order valence-corrected chi connectivity index (χ4v) is 3.50. The first-order valence-electron chi connectivity index (χ1n) is 9.01. The molecule has 4 aromatic rings.